The Morgan fingerprint density at radius 1 is 1.38 bits per heavy atom. The van der Waals surface area contributed by atoms with Gasteiger partial charge in [0.25, 0.3) is 11.6 Å². The normalized spacial score (nSPS) is 12.6. The quantitative estimate of drug-likeness (QED) is 0.655. The average Bonchev–Trinajstić information content (AvgIpc) is 2.33. The molecular formula is C13H15ClN2O5. The summed E-state index contributed by atoms with van der Waals surface area (Å²) in [7, 11) is 0. The zero-order valence-corrected chi connectivity index (χ0v) is 12.5. The number of carboxylic acids is 1. The molecule has 1 amide bonds. The van der Waals surface area contributed by atoms with Gasteiger partial charge in [-0.15, -0.1) is 0 Å². The summed E-state index contributed by atoms with van der Waals surface area (Å²) in [5.74, 6) is -2.05. The first-order chi connectivity index (χ1) is 9.54. The van der Waals surface area contributed by atoms with Crippen LogP contribution in [0.25, 0.3) is 0 Å². The molecule has 1 aromatic rings. The highest BCUT2D eigenvalue weighted by atomic mass is 35.5. The Balaban J connectivity index is 3.15. The zero-order chi connectivity index (χ0) is 16.4. The first kappa shape index (κ1) is 16.9. The van der Waals surface area contributed by atoms with Gasteiger partial charge in [0.05, 0.1) is 4.92 Å². The van der Waals surface area contributed by atoms with Crippen LogP contribution < -0.4 is 5.32 Å². The second kappa shape index (κ2) is 6.09. The van der Waals surface area contributed by atoms with E-state index in [9.17, 15) is 19.7 Å². The highest BCUT2D eigenvalue weighted by Crippen LogP contribution is 2.25. The number of halogens is 1. The Hall–Kier alpha value is -2.15. The maximum absolute atomic E-state index is 12.1. The number of carbonyl (C=O) groups is 2. The lowest BCUT2D eigenvalue weighted by Gasteiger charge is -2.27. The molecule has 0 spiro atoms. The molecule has 8 heteroatoms. The number of nitro benzene ring substituents is 1. The molecule has 1 rings (SSSR count). The van der Waals surface area contributed by atoms with Gasteiger partial charge in [0.1, 0.15) is 11.6 Å². The third kappa shape index (κ3) is 4.16. The van der Waals surface area contributed by atoms with Crippen LogP contribution in [0.2, 0.25) is 5.02 Å². The number of nitrogens with zero attached hydrogens (tertiary/aromatic N) is 1. The van der Waals surface area contributed by atoms with Crippen molar-refractivity contribution in [1.29, 1.82) is 0 Å². The molecule has 0 aliphatic rings. The van der Waals surface area contributed by atoms with E-state index >= 15 is 0 Å². The minimum atomic E-state index is -1.22. The average molecular weight is 315 g/mol. The van der Waals surface area contributed by atoms with Crippen molar-refractivity contribution >= 4 is 29.2 Å². The van der Waals surface area contributed by atoms with Gasteiger partial charge in [-0.1, -0.05) is 32.4 Å². The number of nitro groups is 1. The van der Waals surface area contributed by atoms with Crippen LogP contribution in [0.5, 0.6) is 0 Å². The number of carboxylic acid groups (broad SMARTS) is 1. The second-order valence-corrected chi connectivity index (χ2v) is 5.97. The molecule has 0 saturated carbocycles. The van der Waals surface area contributed by atoms with Crippen LogP contribution in [0.3, 0.4) is 0 Å². The minimum absolute atomic E-state index is 0.115. The molecule has 0 unspecified atom stereocenters. The Kier molecular flexibility index (Phi) is 4.90. The fourth-order valence-corrected chi connectivity index (χ4v) is 1.87. The van der Waals surface area contributed by atoms with Crippen molar-refractivity contribution in [2.75, 3.05) is 0 Å². The number of rotatable bonds is 4. The number of aliphatic carboxylic acids is 1. The van der Waals surface area contributed by atoms with Crippen molar-refractivity contribution in [2.45, 2.75) is 26.8 Å². The summed E-state index contributed by atoms with van der Waals surface area (Å²) in [6, 6.07) is 2.39. The monoisotopic (exact) mass is 314 g/mol. The van der Waals surface area contributed by atoms with Crippen LogP contribution in [-0.4, -0.2) is 27.9 Å². The lowest BCUT2D eigenvalue weighted by Crippen LogP contribution is -2.49. The van der Waals surface area contributed by atoms with Gasteiger partial charge in [-0.25, -0.2) is 4.79 Å². The summed E-state index contributed by atoms with van der Waals surface area (Å²) >= 11 is 5.66. The van der Waals surface area contributed by atoms with Crippen molar-refractivity contribution in [3.63, 3.8) is 0 Å². The summed E-state index contributed by atoms with van der Waals surface area (Å²) in [5, 5.41) is 22.5. The maximum Gasteiger partial charge on any atom is 0.326 e. The summed E-state index contributed by atoms with van der Waals surface area (Å²) < 4.78 is 0. The summed E-state index contributed by atoms with van der Waals surface area (Å²) in [6.07, 6.45) is 0. The van der Waals surface area contributed by atoms with Crippen LogP contribution in [0.4, 0.5) is 5.69 Å². The lowest BCUT2D eigenvalue weighted by molar-refractivity contribution is -0.385. The predicted octanol–water partition coefficient (Wildman–Crippen LogP) is 2.48. The van der Waals surface area contributed by atoms with Crippen LogP contribution in [0.1, 0.15) is 31.1 Å². The molecule has 21 heavy (non-hydrogen) atoms. The highest BCUT2D eigenvalue weighted by molar-refractivity contribution is 6.31. The Morgan fingerprint density at radius 2 is 1.95 bits per heavy atom. The molecule has 0 bridgehead atoms. The summed E-state index contributed by atoms with van der Waals surface area (Å²) in [5.41, 5.74) is -1.46. The molecule has 0 fully saturated rings. The van der Waals surface area contributed by atoms with Gasteiger partial charge < -0.3 is 10.4 Å². The Bertz CT molecular complexity index is 595. The Labute approximate surface area is 126 Å². The topological polar surface area (TPSA) is 110 Å². The van der Waals surface area contributed by atoms with Crippen molar-refractivity contribution in [2.24, 2.45) is 5.41 Å². The smallest absolute Gasteiger partial charge is 0.326 e. The largest absolute Gasteiger partial charge is 0.480 e. The lowest BCUT2D eigenvalue weighted by atomic mass is 9.86. The molecule has 1 aromatic carbocycles. The van der Waals surface area contributed by atoms with Crippen molar-refractivity contribution < 1.29 is 19.6 Å². The highest BCUT2D eigenvalue weighted by Gasteiger charge is 2.34. The SMILES string of the molecule is CC(C)(C)[C@H](NC(=O)c1ccc(Cl)cc1[N+](=O)[O-])C(=O)O. The van der Waals surface area contributed by atoms with E-state index in [0.29, 0.717) is 0 Å². The van der Waals surface area contributed by atoms with Crippen molar-refractivity contribution in [3.05, 3.63) is 38.9 Å². The van der Waals surface area contributed by atoms with Gasteiger partial charge in [0.2, 0.25) is 0 Å². The van der Waals surface area contributed by atoms with E-state index in [-0.39, 0.29) is 10.6 Å². The molecule has 7 nitrogen and oxygen atoms in total. The number of nitrogens with one attached hydrogen (secondary N) is 1. The number of hydrogen-bond acceptors (Lipinski definition) is 4. The molecule has 0 radical (unpaired) electrons. The zero-order valence-electron chi connectivity index (χ0n) is 11.7. The van der Waals surface area contributed by atoms with E-state index in [1.807, 2.05) is 0 Å². The first-order valence-corrected chi connectivity index (χ1v) is 6.39. The number of amides is 1. The van der Waals surface area contributed by atoms with E-state index in [1.165, 1.54) is 12.1 Å². The molecule has 0 saturated heterocycles. The van der Waals surface area contributed by atoms with Crippen LogP contribution in [-0.2, 0) is 4.79 Å². The molecule has 0 aliphatic heterocycles. The third-order valence-electron chi connectivity index (χ3n) is 2.79. The fraction of sp³-hybridized carbons (Fsp3) is 0.385. The van der Waals surface area contributed by atoms with Gasteiger partial charge in [-0.05, 0) is 17.5 Å². The van der Waals surface area contributed by atoms with E-state index in [0.717, 1.165) is 6.07 Å². The van der Waals surface area contributed by atoms with E-state index < -0.39 is 33.9 Å². The molecule has 0 aromatic heterocycles. The van der Waals surface area contributed by atoms with E-state index in [2.05, 4.69) is 5.32 Å². The van der Waals surface area contributed by atoms with E-state index in [4.69, 9.17) is 16.7 Å². The fourth-order valence-electron chi connectivity index (χ4n) is 1.71. The van der Waals surface area contributed by atoms with Gasteiger partial charge in [0, 0.05) is 11.1 Å². The van der Waals surface area contributed by atoms with Gasteiger partial charge in [-0.2, -0.15) is 0 Å². The molecular weight excluding hydrogens is 300 g/mol. The molecule has 1 atom stereocenters. The predicted molar refractivity (Wildman–Crippen MR) is 76.5 cm³/mol. The molecule has 114 valence electrons. The molecule has 0 heterocycles. The number of carbonyl (C=O) groups excluding carboxylic acids is 1. The minimum Gasteiger partial charge on any atom is -0.480 e. The number of hydrogen-bond donors (Lipinski definition) is 2. The first-order valence-electron chi connectivity index (χ1n) is 6.01. The number of benzene rings is 1. The summed E-state index contributed by atoms with van der Waals surface area (Å²) in [6.45, 7) is 4.92. The van der Waals surface area contributed by atoms with E-state index in [1.54, 1.807) is 20.8 Å². The van der Waals surface area contributed by atoms with Crippen molar-refractivity contribution in [1.82, 2.24) is 5.32 Å². The second-order valence-electron chi connectivity index (χ2n) is 5.53. The standard InChI is InChI=1S/C13H15ClN2O5/c1-13(2,3)10(12(18)19)15-11(17)8-5-4-7(14)6-9(8)16(20)21/h4-6,10H,1-3H3,(H,15,17)(H,18,19)/t10-/m1/s1. The van der Waals surface area contributed by atoms with Gasteiger partial charge in [-0.3, -0.25) is 14.9 Å². The Morgan fingerprint density at radius 3 is 2.38 bits per heavy atom. The summed E-state index contributed by atoms with van der Waals surface area (Å²) in [4.78, 5) is 33.5. The van der Waals surface area contributed by atoms with Gasteiger partial charge in [0.15, 0.2) is 0 Å². The van der Waals surface area contributed by atoms with Crippen molar-refractivity contribution in [3.8, 4) is 0 Å². The molecule has 2 N–H and O–H groups in total. The van der Waals surface area contributed by atoms with Crippen LogP contribution in [0, 0.1) is 15.5 Å². The van der Waals surface area contributed by atoms with Crippen LogP contribution >= 0.6 is 11.6 Å². The van der Waals surface area contributed by atoms with Gasteiger partial charge >= 0.3 is 5.97 Å². The third-order valence-corrected chi connectivity index (χ3v) is 3.02. The maximum atomic E-state index is 12.1. The van der Waals surface area contributed by atoms with Crippen LogP contribution in [0.15, 0.2) is 18.2 Å². The molecule has 0 aliphatic carbocycles.